The molecule has 0 aromatic heterocycles. The van der Waals surface area contributed by atoms with Gasteiger partial charge < -0.3 is 4.74 Å². The minimum Gasteiger partial charge on any atom is -0.367 e. The summed E-state index contributed by atoms with van der Waals surface area (Å²) in [5.74, 6) is 1.42. The van der Waals surface area contributed by atoms with E-state index in [9.17, 15) is 4.79 Å². The molecule has 0 saturated heterocycles. The monoisotopic (exact) mass is 204 g/mol. The maximum absolute atomic E-state index is 11.6. The molecule has 0 N–H and O–H groups in total. The molecule has 0 aromatic carbocycles. The van der Waals surface area contributed by atoms with Crippen molar-refractivity contribution in [1.29, 1.82) is 0 Å². The Bertz CT molecular complexity index is 164. The highest BCUT2D eigenvalue weighted by molar-refractivity contribution is 8.13. The van der Waals surface area contributed by atoms with Crippen LogP contribution < -0.4 is 0 Å². The van der Waals surface area contributed by atoms with Crippen LogP contribution in [0.15, 0.2) is 0 Å². The zero-order valence-corrected chi connectivity index (χ0v) is 10.0. The number of ether oxygens (including phenoxy) is 1. The van der Waals surface area contributed by atoms with Gasteiger partial charge in [-0.25, -0.2) is 0 Å². The van der Waals surface area contributed by atoms with Gasteiger partial charge in [0.15, 0.2) is 0 Å². The third-order valence-electron chi connectivity index (χ3n) is 1.54. The van der Waals surface area contributed by atoms with Gasteiger partial charge in [0.25, 0.3) is 0 Å². The van der Waals surface area contributed by atoms with Gasteiger partial charge in [-0.3, -0.25) is 4.79 Å². The van der Waals surface area contributed by atoms with Crippen LogP contribution in [0.1, 0.15) is 34.6 Å². The van der Waals surface area contributed by atoms with E-state index in [0.29, 0.717) is 12.5 Å². The van der Waals surface area contributed by atoms with Gasteiger partial charge in [0.1, 0.15) is 5.60 Å². The second kappa shape index (κ2) is 5.66. The van der Waals surface area contributed by atoms with Crippen molar-refractivity contribution in [2.24, 2.45) is 5.92 Å². The molecule has 0 atom stereocenters. The fraction of sp³-hybridized carbons (Fsp3) is 0.900. The molecule has 0 saturated carbocycles. The van der Waals surface area contributed by atoms with Crippen molar-refractivity contribution >= 4 is 16.9 Å². The van der Waals surface area contributed by atoms with Crippen molar-refractivity contribution in [3.8, 4) is 0 Å². The van der Waals surface area contributed by atoms with Gasteiger partial charge in [0, 0.05) is 12.4 Å². The fourth-order valence-corrected chi connectivity index (χ4v) is 1.73. The summed E-state index contributed by atoms with van der Waals surface area (Å²) in [6, 6.07) is 0. The van der Waals surface area contributed by atoms with E-state index in [2.05, 4.69) is 13.8 Å². The zero-order valence-electron chi connectivity index (χ0n) is 9.22. The maximum Gasteiger partial charge on any atom is 0.220 e. The van der Waals surface area contributed by atoms with E-state index in [1.807, 2.05) is 20.8 Å². The van der Waals surface area contributed by atoms with E-state index >= 15 is 0 Å². The number of rotatable bonds is 5. The van der Waals surface area contributed by atoms with Gasteiger partial charge in [0.2, 0.25) is 5.12 Å². The summed E-state index contributed by atoms with van der Waals surface area (Å²) in [6.07, 6.45) is 0. The van der Waals surface area contributed by atoms with Crippen LogP contribution in [-0.4, -0.2) is 23.1 Å². The van der Waals surface area contributed by atoms with Crippen LogP contribution in [0.3, 0.4) is 0 Å². The highest BCUT2D eigenvalue weighted by atomic mass is 32.2. The first-order valence-corrected chi connectivity index (χ1v) is 5.70. The summed E-state index contributed by atoms with van der Waals surface area (Å²) < 4.78 is 5.35. The summed E-state index contributed by atoms with van der Waals surface area (Å²) in [5.41, 5.74) is -0.631. The Morgan fingerprint density at radius 2 is 2.00 bits per heavy atom. The van der Waals surface area contributed by atoms with E-state index in [1.54, 1.807) is 0 Å². The summed E-state index contributed by atoms with van der Waals surface area (Å²) in [7, 11) is 0. The Morgan fingerprint density at radius 3 is 2.38 bits per heavy atom. The van der Waals surface area contributed by atoms with Gasteiger partial charge in [0.05, 0.1) is 0 Å². The molecule has 0 radical (unpaired) electrons. The highest BCUT2D eigenvalue weighted by Gasteiger charge is 2.27. The zero-order chi connectivity index (χ0) is 10.5. The summed E-state index contributed by atoms with van der Waals surface area (Å²) in [5, 5.41) is 0.128. The van der Waals surface area contributed by atoms with Gasteiger partial charge >= 0.3 is 0 Å². The molecule has 0 aromatic rings. The van der Waals surface area contributed by atoms with Gasteiger partial charge in [-0.15, -0.1) is 0 Å². The third-order valence-corrected chi connectivity index (χ3v) is 3.13. The summed E-state index contributed by atoms with van der Waals surface area (Å²) >= 11 is 1.37. The van der Waals surface area contributed by atoms with Crippen LogP contribution in [0.2, 0.25) is 0 Å². The van der Waals surface area contributed by atoms with Crippen molar-refractivity contribution in [2.45, 2.75) is 40.2 Å². The SMILES string of the molecule is CCOC(C)(C)C(=O)SCC(C)C. The molecule has 78 valence electrons. The van der Waals surface area contributed by atoms with E-state index in [4.69, 9.17) is 4.74 Å². The Hall–Kier alpha value is -0.0200. The lowest BCUT2D eigenvalue weighted by molar-refractivity contribution is -0.130. The smallest absolute Gasteiger partial charge is 0.220 e. The van der Waals surface area contributed by atoms with Crippen molar-refractivity contribution in [3.05, 3.63) is 0 Å². The first kappa shape index (κ1) is 13.0. The normalized spacial score (nSPS) is 12.2. The van der Waals surface area contributed by atoms with Crippen LogP contribution in [0.25, 0.3) is 0 Å². The van der Waals surface area contributed by atoms with Crippen molar-refractivity contribution in [3.63, 3.8) is 0 Å². The van der Waals surface area contributed by atoms with E-state index in [-0.39, 0.29) is 5.12 Å². The second-order valence-electron chi connectivity index (χ2n) is 3.94. The lowest BCUT2D eigenvalue weighted by Gasteiger charge is -2.22. The van der Waals surface area contributed by atoms with Crippen molar-refractivity contribution < 1.29 is 9.53 Å². The van der Waals surface area contributed by atoms with Crippen molar-refractivity contribution in [2.75, 3.05) is 12.4 Å². The van der Waals surface area contributed by atoms with Crippen LogP contribution in [0.5, 0.6) is 0 Å². The molecule has 0 aliphatic rings. The minimum atomic E-state index is -0.631. The average Bonchev–Trinajstić information content (AvgIpc) is 1.99. The molecule has 0 spiro atoms. The van der Waals surface area contributed by atoms with Crippen LogP contribution >= 0.6 is 11.8 Å². The maximum atomic E-state index is 11.6. The number of carbonyl (C=O) groups is 1. The Balaban J connectivity index is 3.94. The molecule has 3 heteroatoms. The van der Waals surface area contributed by atoms with Crippen LogP contribution in [-0.2, 0) is 9.53 Å². The number of hydrogen-bond donors (Lipinski definition) is 0. The molecule has 0 bridgehead atoms. The number of thioether (sulfide) groups is 1. The van der Waals surface area contributed by atoms with Crippen molar-refractivity contribution in [1.82, 2.24) is 0 Å². The van der Waals surface area contributed by atoms with Gasteiger partial charge in [-0.05, 0) is 26.7 Å². The molecular weight excluding hydrogens is 184 g/mol. The Kier molecular flexibility index (Phi) is 5.65. The molecular formula is C10H20O2S. The topological polar surface area (TPSA) is 26.3 Å². The molecule has 0 heterocycles. The quantitative estimate of drug-likeness (QED) is 0.689. The van der Waals surface area contributed by atoms with E-state index in [1.165, 1.54) is 11.8 Å². The Labute approximate surface area is 85.4 Å². The predicted octanol–water partition coefficient (Wildman–Crippen LogP) is 2.72. The summed E-state index contributed by atoms with van der Waals surface area (Å²) in [4.78, 5) is 11.6. The first-order chi connectivity index (χ1) is 5.90. The van der Waals surface area contributed by atoms with Crippen LogP contribution in [0.4, 0.5) is 0 Å². The largest absolute Gasteiger partial charge is 0.367 e. The molecule has 0 amide bonds. The van der Waals surface area contributed by atoms with E-state index < -0.39 is 5.60 Å². The second-order valence-corrected chi connectivity index (χ2v) is 4.93. The standard InChI is InChI=1S/C10H20O2S/c1-6-12-10(4,5)9(11)13-7-8(2)3/h8H,6-7H2,1-5H3. The minimum absolute atomic E-state index is 0.128. The molecule has 13 heavy (non-hydrogen) atoms. The summed E-state index contributed by atoms with van der Waals surface area (Å²) in [6.45, 7) is 10.4. The van der Waals surface area contributed by atoms with Crippen LogP contribution in [0, 0.1) is 5.92 Å². The third kappa shape index (κ3) is 5.32. The number of hydrogen-bond acceptors (Lipinski definition) is 3. The molecule has 0 aliphatic heterocycles. The van der Waals surface area contributed by atoms with Gasteiger partial charge in [-0.1, -0.05) is 25.6 Å². The van der Waals surface area contributed by atoms with E-state index in [0.717, 1.165) is 5.75 Å². The first-order valence-electron chi connectivity index (χ1n) is 4.71. The average molecular weight is 204 g/mol. The van der Waals surface area contributed by atoms with Gasteiger partial charge in [-0.2, -0.15) is 0 Å². The lowest BCUT2D eigenvalue weighted by Crippen LogP contribution is -2.33. The molecule has 0 fully saturated rings. The molecule has 2 nitrogen and oxygen atoms in total. The molecule has 0 unspecified atom stereocenters. The fourth-order valence-electron chi connectivity index (χ4n) is 0.836. The lowest BCUT2D eigenvalue weighted by atomic mass is 10.2. The molecule has 0 aliphatic carbocycles. The molecule has 0 rings (SSSR count). The number of carbonyl (C=O) groups excluding carboxylic acids is 1. The highest BCUT2D eigenvalue weighted by Crippen LogP contribution is 2.20. The Morgan fingerprint density at radius 1 is 1.46 bits per heavy atom. The predicted molar refractivity (Wildman–Crippen MR) is 58.0 cm³/mol.